The lowest BCUT2D eigenvalue weighted by atomic mass is 10.0. The molecule has 0 amide bonds. The molecule has 1 aliphatic heterocycles. The van der Waals surface area contributed by atoms with Crippen LogP contribution in [-0.4, -0.2) is 48.8 Å². The van der Waals surface area contributed by atoms with Crippen LogP contribution < -0.4 is 5.73 Å². The summed E-state index contributed by atoms with van der Waals surface area (Å²) in [4.78, 5) is 2.61. The molecule has 1 atom stereocenters. The first-order valence-electron chi connectivity index (χ1n) is 6.33. The predicted octanol–water partition coefficient (Wildman–Crippen LogP) is 1.82. The van der Waals surface area contributed by atoms with Crippen molar-refractivity contribution in [3.8, 4) is 0 Å². The van der Waals surface area contributed by atoms with E-state index < -0.39 is 6.30 Å². The summed E-state index contributed by atoms with van der Waals surface area (Å²) in [6, 6.07) is 9.05. The van der Waals surface area contributed by atoms with Crippen molar-refractivity contribution >= 4 is 0 Å². The van der Waals surface area contributed by atoms with Crippen LogP contribution in [0.2, 0.25) is 0 Å². The third kappa shape index (κ3) is 3.46. The molecule has 1 aliphatic rings. The number of piperazine rings is 1. The maximum atomic E-state index is 12.8. The molecule has 0 spiro atoms. The molecule has 0 saturated carbocycles. The van der Waals surface area contributed by atoms with E-state index in [1.807, 2.05) is 35.2 Å². The first-order chi connectivity index (χ1) is 9.02. The second-order valence-corrected chi connectivity index (χ2v) is 4.66. The molecule has 2 N–H and O–H groups in total. The lowest BCUT2D eigenvalue weighted by Gasteiger charge is -2.42. The molecule has 106 valence electrons. The number of hydrogen-bond donors (Lipinski definition) is 1. The smallest absolute Gasteiger partial charge is 0.329 e. The lowest BCUT2D eigenvalue weighted by molar-refractivity contribution is -0.257. The molecule has 1 aromatic carbocycles. The van der Waals surface area contributed by atoms with Gasteiger partial charge in [-0.2, -0.15) is 13.2 Å². The predicted molar refractivity (Wildman–Crippen MR) is 67.4 cm³/mol. The molecule has 0 radical (unpaired) electrons. The van der Waals surface area contributed by atoms with Crippen LogP contribution in [0.15, 0.2) is 30.3 Å². The highest BCUT2D eigenvalue weighted by molar-refractivity contribution is 5.20. The SMILES string of the molecule is NCCN1CCN(C(F)(F)F)CC1c1ccccc1. The van der Waals surface area contributed by atoms with Crippen molar-refractivity contribution in [3.05, 3.63) is 35.9 Å². The highest BCUT2D eigenvalue weighted by Gasteiger charge is 2.42. The Balaban J connectivity index is 2.18. The maximum absolute atomic E-state index is 12.8. The molecule has 3 nitrogen and oxygen atoms in total. The average molecular weight is 273 g/mol. The van der Waals surface area contributed by atoms with Crippen molar-refractivity contribution in [3.63, 3.8) is 0 Å². The molecule has 6 heteroatoms. The summed E-state index contributed by atoms with van der Waals surface area (Å²) in [5.74, 6) is 0. The molecule has 19 heavy (non-hydrogen) atoms. The zero-order valence-corrected chi connectivity index (χ0v) is 10.6. The van der Waals surface area contributed by atoms with Crippen LogP contribution in [0.5, 0.6) is 0 Å². The Kier molecular flexibility index (Phi) is 4.44. The van der Waals surface area contributed by atoms with Gasteiger partial charge in [-0.25, -0.2) is 4.90 Å². The fourth-order valence-corrected chi connectivity index (χ4v) is 2.48. The fraction of sp³-hybridized carbons (Fsp3) is 0.538. The van der Waals surface area contributed by atoms with Crippen LogP contribution in [0.1, 0.15) is 11.6 Å². The number of halogens is 3. The highest BCUT2D eigenvalue weighted by Crippen LogP contribution is 2.31. The minimum Gasteiger partial charge on any atom is -0.329 e. The molecule has 0 aliphatic carbocycles. The first-order valence-corrected chi connectivity index (χ1v) is 6.33. The molecule has 1 unspecified atom stereocenters. The molecule has 1 heterocycles. The third-order valence-corrected chi connectivity index (χ3v) is 3.45. The fourth-order valence-electron chi connectivity index (χ4n) is 2.48. The van der Waals surface area contributed by atoms with Gasteiger partial charge in [0.2, 0.25) is 0 Å². The van der Waals surface area contributed by atoms with Crippen molar-refractivity contribution in [2.75, 3.05) is 32.7 Å². The van der Waals surface area contributed by atoms with Crippen molar-refractivity contribution < 1.29 is 13.2 Å². The summed E-state index contributed by atoms with van der Waals surface area (Å²) in [6.07, 6.45) is -4.26. The van der Waals surface area contributed by atoms with Crippen LogP contribution >= 0.6 is 0 Å². The van der Waals surface area contributed by atoms with E-state index in [4.69, 9.17) is 5.73 Å². The number of rotatable bonds is 3. The van der Waals surface area contributed by atoms with Gasteiger partial charge in [0.05, 0.1) is 0 Å². The van der Waals surface area contributed by atoms with Gasteiger partial charge in [0.25, 0.3) is 0 Å². The zero-order chi connectivity index (χ0) is 13.9. The van der Waals surface area contributed by atoms with Gasteiger partial charge in [0, 0.05) is 38.8 Å². The summed E-state index contributed by atoms with van der Waals surface area (Å²) in [5.41, 5.74) is 6.45. The monoisotopic (exact) mass is 273 g/mol. The van der Waals surface area contributed by atoms with Gasteiger partial charge < -0.3 is 5.73 Å². The Hall–Kier alpha value is -1.11. The topological polar surface area (TPSA) is 32.5 Å². The van der Waals surface area contributed by atoms with Gasteiger partial charge in [0.15, 0.2) is 0 Å². The highest BCUT2D eigenvalue weighted by atomic mass is 19.4. The van der Waals surface area contributed by atoms with Crippen LogP contribution in [0.3, 0.4) is 0 Å². The van der Waals surface area contributed by atoms with Crippen molar-refractivity contribution in [2.24, 2.45) is 5.73 Å². The van der Waals surface area contributed by atoms with E-state index in [0.717, 1.165) is 5.56 Å². The minimum absolute atomic E-state index is 0.00678. The number of nitrogens with zero attached hydrogens (tertiary/aromatic N) is 2. The summed E-state index contributed by atoms with van der Waals surface area (Å²) in [5, 5.41) is 0. The zero-order valence-electron chi connectivity index (χ0n) is 10.6. The molecule has 1 aromatic rings. The Morgan fingerprint density at radius 1 is 1.16 bits per heavy atom. The number of hydrogen-bond acceptors (Lipinski definition) is 3. The Bertz CT molecular complexity index is 394. The minimum atomic E-state index is -4.26. The molecule has 1 saturated heterocycles. The second kappa shape index (κ2) is 5.90. The summed E-state index contributed by atoms with van der Waals surface area (Å²) in [7, 11) is 0. The Morgan fingerprint density at radius 3 is 2.42 bits per heavy atom. The van der Waals surface area contributed by atoms with E-state index in [9.17, 15) is 13.2 Å². The maximum Gasteiger partial charge on any atom is 0.460 e. The number of benzene rings is 1. The van der Waals surface area contributed by atoms with Gasteiger partial charge in [0.1, 0.15) is 0 Å². The van der Waals surface area contributed by atoms with Gasteiger partial charge >= 0.3 is 6.30 Å². The standard InChI is InChI=1S/C13H18F3N3/c14-13(15,16)19-9-8-18(7-6-17)12(10-19)11-4-2-1-3-5-11/h1-5,12H,6-10,17H2. The molecule has 2 rings (SSSR count). The molecular formula is C13H18F3N3. The summed E-state index contributed by atoms with van der Waals surface area (Å²) < 4.78 is 38.5. The number of nitrogens with two attached hydrogens (primary N) is 1. The second-order valence-electron chi connectivity index (χ2n) is 4.66. The first kappa shape index (κ1) is 14.3. The van der Waals surface area contributed by atoms with Gasteiger partial charge in [-0.15, -0.1) is 0 Å². The Labute approximate surface area is 110 Å². The van der Waals surface area contributed by atoms with E-state index in [1.165, 1.54) is 0 Å². The lowest BCUT2D eigenvalue weighted by Crippen LogP contribution is -2.54. The van der Waals surface area contributed by atoms with Gasteiger partial charge in [-0.3, -0.25) is 4.90 Å². The molecule has 0 aromatic heterocycles. The van der Waals surface area contributed by atoms with Crippen LogP contribution in [0.25, 0.3) is 0 Å². The van der Waals surface area contributed by atoms with Crippen LogP contribution in [0, 0.1) is 0 Å². The largest absolute Gasteiger partial charge is 0.460 e. The summed E-state index contributed by atoms with van der Waals surface area (Å²) in [6.45, 7) is 1.43. The van der Waals surface area contributed by atoms with Gasteiger partial charge in [-0.05, 0) is 5.56 Å². The van der Waals surface area contributed by atoms with Gasteiger partial charge in [-0.1, -0.05) is 30.3 Å². The Morgan fingerprint density at radius 2 is 1.84 bits per heavy atom. The molecular weight excluding hydrogens is 255 g/mol. The van der Waals surface area contributed by atoms with Crippen molar-refractivity contribution in [1.82, 2.24) is 9.80 Å². The van der Waals surface area contributed by atoms with Crippen LogP contribution in [0.4, 0.5) is 13.2 Å². The molecule has 1 fully saturated rings. The van der Waals surface area contributed by atoms with Crippen LogP contribution in [-0.2, 0) is 0 Å². The average Bonchev–Trinajstić information content (AvgIpc) is 2.39. The normalized spacial score (nSPS) is 22.6. The quantitative estimate of drug-likeness (QED) is 0.853. The van der Waals surface area contributed by atoms with E-state index in [1.54, 1.807) is 0 Å². The summed E-state index contributed by atoms with van der Waals surface area (Å²) >= 11 is 0. The van der Waals surface area contributed by atoms with E-state index in [0.29, 0.717) is 24.5 Å². The van der Waals surface area contributed by atoms with E-state index in [-0.39, 0.29) is 19.1 Å². The molecule has 0 bridgehead atoms. The van der Waals surface area contributed by atoms with E-state index in [2.05, 4.69) is 0 Å². The number of alkyl halides is 3. The third-order valence-electron chi connectivity index (χ3n) is 3.45. The van der Waals surface area contributed by atoms with Crippen molar-refractivity contribution in [2.45, 2.75) is 12.3 Å². The van der Waals surface area contributed by atoms with E-state index >= 15 is 0 Å². The van der Waals surface area contributed by atoms with Crippen molar-refractivity contribution in [1.29, 1.82) is 0 Å².